The molecule has 2 atom stereocenters. The molecule has 0 fully saturated rings. The minimum Gasteiger partial charge on any atom is -0.756 e. The Hall–Kier alpha value is -0.0926. The first-order chi connectivity index (χ1) is 14.0. The average Bonchev–Trinajstić information content (AvgIpc) is 2.72. The number of carbonyl (C=O) groups excluding carboxylic acids is 1. The number of rotatable bonds is 17. The molecule has 0 bridgehead atoms. The second-order valence-corrected chi connectivity index (χ2v) is 9.78. The Bertz CT molecular complexity index is 604. The Kier molecular flexibility index (Phi) is 18.4. The number of hydrogen-bond acceptors (Lipinski definition) is 7. The first-order valence-corrected chi connectivity index (χ1v) is 12.6. The number of hydrogen-bond donors (Lipinski definition) is 0. The smallest absolute Gasteiger partial charge is 0.756 e. The average molecular weight is 452 g/mol. The summed E-state index contributed by atoms with van der Waals surface area (Å²) in [6, 6.07) is 9.66. The SMILES string of the molecule is CCCCCCCCCC(=O)S[C@H](COCc1ccccc1)COP(=O)([O-])OC.[Li+]. The van der Waals surface area contributed by atoms with Gasteiger partial charge in [-0.25, -0.2) is 0 Å². The molecule has 166 valence electrons. The zero-order chi connectivity index (χ0) is 21.4. The van der Waals surface area contributed by atoms with Crippen LogP contribution in [0.4, 0.5) is 0 Å². The van der Waals surface area contributed by atoms with Gasteiger partial charge in [-0.1, -0.05) is 87.5 Å². The molecular formula is C21H34LiO6PS. The van der Waals surface area contributed by atoms with Crippen molar-refractivity contribution in [3.63, 3.8) is 0 Å². The summed E-state index contributed by atoms with van der Waals surface area (Å²) in [5.74, 6) is 0. The fourth-order valence-corrected chi connectivity index (χ4v) is 4.20. The molecule has 0 amide bonds. The Morgan fingerprint density at radius 2 is 1.70 bits per heavy atom. The number of thioether (sulfide) groups is 1. The van der Waals surface area contributed by atoms with Crippen LogP contribution in [-0.4, -0.2) is 30.7 Å². The second kappa shape index (κ2) is 18.5. The van der Waals surface area contributed by atoms with Gasteiger partial charge in [-0.05, 0) is 12.0 Å². The third-order valence-corrected chi connectivity index (χ3v) is 6.33. The minimum absolute atomic E-state index is 0. The fraction of sp³-hybridized carbons (Fsp3) is 0.667. The molecule has 1 aromatic carbocycles. The first kappa shape index (κ1) is 29.9. The van der Waals surface area contributed by atoms with Gasteiger partial charge in [0, 0.05) is 13.5 Å². The molecular weight excluding hydrogens is 418 g/mol. The molecule has 0 radical (unpaired) electrons. The van der Waals surface area contributed by atoms with Crippen molar-refractivity contribution in [2.75, 3.05) is 20.3 Å². The Morgan fingerprint density at radius 1 is 1.07 bits per heavy atom. The van der Waals surface area contributed by atoms with E-state index in [1.807, 2.05) is 30.3 Å². The van der Waals surface area contributed by atoms with E-state index in [0.717, 1.165) is 43.7 Å². The molecule has 1 rings (SSSR count). The van der Waals surface area contributed by atoms with Gasteiger partial charge in [-0.3, -0.25) is 9.36 Å². The predicted molar refractivity (Wildman–Crippen MR) is 116 cm³/mol. The molecule has 0 spiro atoms. The van der Waals surface area contributed by atoms with Crippen LogP contribution in [0.25, 0.3) is 0 Å². The number of benzene rings is 1. The molecule has 1 aromatic rings. The van der Waals surface area contributed by atoms with Gasteiger partial charge in [0.25, 0.3) is 7.82 Å². The van der Waals surface area contributed by atoms with Crippen LogP contribution in [0, 0.1) is 0 Å². The van der Waals surface area contributed by atoms with Gasteiger partial charge in [0.15, 0.2) is 5.12 Å². The van der Waals surface area contributed by atoms with Crippen LogP contribution in [0.3, 0.4) is 0 Å². The standard InChI is InChI=1S/C21H35O6PS.Li/c1-3-4-5-6-7-8-12-15-21(22)29-20(18-27-28(23,24)25-2)17-26-16-19-13-10-9-11-14-19;/h9-11,13-14,20H,3-8,12,15-18H2,1-2H3,(H,23,24);/q;+1/p-1/t20-;/m1./s1. The summed E-state index contributed by atoms with van der Waals surface area (Å²) < 4.78 is 26.3. The third kappa shape index (κ3) is 15.7. The van der Waals surface area contributed by atoms with Crippen molar-refractivity contribution in [2.45, 2.75) is 70.1 Å². The van der Waals surface area contributed by atoms with E-state index in [9.17, 15) is 14.3 Å². The van der Waals surface area contributed by atoms with Gasteiger partial charge in [-0.2, -0.15) is 0 Å². The summed E-state index contributed by atoms with van der Waals surface area (Å²) in [6.07, 6.45) is 8.50. The summed E-state index contributed by atoms with van der Waals surface area (Å²) in [5, 5.41) is -0.373. The number of unbranched alkanes of at least 4 members (excludes halogenated alkanes) is 6. The van der Waals surface area contributed by atoms with Crippen molar-refractivity contribution < 1.29 is 46.9 Å². The van der Waals surface area contributed by atoms with Crippen molar-refractivity contribution in [3.05, 3.63) is 35.9 Å². The van der Waals surface area contributed by atoms with E-state index in [1.165, 1.54) is 25.7 Å². The van der Waals surface area contributed by atoms with Crippen LogP contribution in [-0.2, 0) is 29.8 Å². The molecule has 9 heteroatoms. The summed E-state index contributed by atoms with van der Waals surface area (Å²) in [7, 11) is -3.28. The maximum atomic E-state index is 12.3. The van der Waals surface area contributed by atoms with Crippen LogP contribution in [0.2, 0.25) is 0 Å². The minimum atomic E-state index is -4.33. The van der Waals surface area contributed by atoms with E-state index >= 15 is 0 Å². The van der Waals surface area contributed by atoms with E-state index in [4.69, 9.17) is 9.26 Å². The molecule has 30 heavy (non-hydrogen) atoms. The van der Waals surface area contributed by atoms with Crippen molar-refractivity contribution in [1.82, 2.24) is 0 Å². The monoisotopic (exact) mass is 452 g/mol. The van der Waals surface area contributed by atoms with E-state index < -0.39 is 13.1 Å². The topological polar surface area (TPSA) is 84.9 Å². The Balaban J connectivity index is 0.00000841. The zero-order valence-corrected chi connectivity index (χ0v) is 20.3. The van der Waals surface area contributed by atoms with Gasteiger partial charge in [-0.15, -0.1) is 0 Å². The van der Waals surface area contributed by atoms with Crippen molar-refractivity contribution in [3.8, 4) is 0 Å². The van der Waals surface area contributed by atoms with Gasteiger partial charge in [0.1, 0.15) is 0 Å². The third-order valence-electron chi connectivity index (χ3n) is 4.34. The molecule has 0 N–H and O–H groups in total. The molecule has 0 aliphatic carbocycles. The molecule has 0 aromatic heterocycles. The van der Waals surface area contributed by atoms with E-state index in [0.29, 0.717) is 13.0 Å². The summed E-state index contributed by atoms with van der Waals surface area (Å²) in [5.41, 5.74) is 1.01. The summed E-state index contributed by atoms with van der Waals surface area (Å²) in [6.45, 7) is 2.64. The van der Waals surface area contributed by atoms with Gasteiger partial charge < -0.3 is 18.7 Å². The summed E-state index contributed by atoms with van der Waals surface area (Å²) >= 11 is 1.10. The van der Waals surface area contributed by atoms with Crippen LogP contribution in [0.5, 0.6) is 0 Å². The second-order valence-electron chi connectivity index (χ2n) is 6.91. The van der Waals surface area contributed by atoms with Gasteiger partial charge >= 0.3 is 18.9 Å². The van der Waals surface area contributed by atoms with Crippen LogP contribution in [0.15, 0.2) is 30.3 Å². The zero-order valence-electron chi connectivity index (χ0n) is 18.5. The Morgan fingerprint density at radius 3 is 2.33 bits per heavy atom. The normalized spacial score (nSPS) is 14.0. The van der Waals surface area contributed by atoms with Crippen molar-refractivity contribution in [1.29, 1.82) is 0 Å². The molecule has 0 heterocycles. The van der Waals surface area contributed by atoms with Gasteiger partial charge in [0.2, 0.25) is 0 Å². The molecule has 1 unspecified atom stereocenters. The van der Waals surface area contributed by atoms with E-state index in [2.05, 4.69) is 11.4 Å². The predicted octanol–water partition coefficient (Wildman–Crippen LogP) is 2.11. The van der Waals surface area contributed by atoms with Crippen LogP contribution >= 0.6 is 19.6 Å². The number of carbonyl (C=O) groups is 1. The largest absolute Gasteiger partial charge is 1.00 e. The van der Waals surface area contributed by atoms with E-state index in [-0.39, 0.29) is 37.2 Å². The number of ether oxygens (including phenoxy) is 1. The molecule has 6 nitrogen and oxygen atoms in total. The summed E-state index contributed by atoms with van der Waals surface area (Å²) in [4.78, 5) is 23.7. The van der Waals surface area contributed by atoms with Gasteiger partial charge in [0.05, 0.1) is 25.1 Å². The van der Waals surface area contributed by atoms with Crippen molar-refractivity contribution in [2.24, 2.45) is 0 Å². The van der Waals surface area contributed by atoms with Crippen LogP contribution in [0.1, 0.15) is 63.9 Å². The number of phosphoric acid groups is 1. The number of phosphoric ester groups is 1. The van der Waals surface area contributed by atoms with Crippen molar-refractivity contribution >= 4 is 24.7 Å². The first-order valence-electron chi connectivity index (χ1n) is 10.3. The Labute approximate surface area is 197 Å². The molecule has 0 saturated carbocycles. The fourth-order valence-electron chi connectivity index (χ4n) is 2.70. The molecule has 0 aliphatic rings. The quantitative estimate of drug-likeness (QED) is 0.203. The molecule has 0 aliphatic heterocycles. The van der Waals surface area contributed by atoms with Crippen LogP contribution < -0.4 is 23.8 Å². The maximum Gasteiger partial charge on any atom is 1.00 e. The maximum absolute atomic E-state index is 12.3. The van der Waals surface area contributed by atoms with E-state index in [1.54, 1.807) is 0 Å². The molecule has 0 saturated heterocycles.